The molecular weight excluding hydrogens is 554 g/mol. The van der Waals surface area contributed by atoms with Gasteiger partial charge >= 0.3 is 6.09 Å². The summed E-state index contributed by atoms with van der Waals surface area (Å²) in [4.78, 5) is 41.2. The number of benzene rings is 2. The fraction of sp³-hybridized carbons (Fsp3) is 0.423. The van der Waals surface area contributed by atoms with Crippen molar-refractivity contribution >= 4 is 51.2 Å². The second kappa shape index (κ2) is 10.1. The molecule has 2 aliphatic rings. The Balaban J connectivity index is 1.63. The Labute approximate surface area is 221 Å². The zero-order valence-electron chi connectivity index (χ0n) is 20.1. The minimum absolute atomic E-state index is 0.199. The summed E-state index contributed by atoms with van der Waals surface area (Å²) in [6.45, 7) is 5.41. The highest BCUT2D eigenvalue weighted by atomic mass is 79.9. The molecule has 1 saturated carbocycles. The van der Waals surface area contributed by atoms with Crippen molar-refractivity contribution in [3.63, 3.8) is 0 Å². The van der Waals surface area contributed by atoms with Crippen LogP contribution in [-0.4, -0.2) is 41.1 Å². The van der Waals surface area contributed by atoms with Crippen LogP contribution < -0.4 is 10.2 Å². The number of rotatable bonds is 6. The van der Waals surface area contributed by atoms with E-state index in [9.17, 15) is 23.2 Å². The molecule has 2 amide bonds. The van der Waals surface area contributed by atoms with Crippen molar-refractivity contribution in [1.29, 1.82) is 0 Å². The Hall–Kier alpha value is -2.46. The molecule has 36 heavy (non-hydrogen) atoms. The minimum Gasteiger partial charge on any atom is -0.444 e. The van der Waals surface area contributed by atoms with Gasteiger partial charge in [-0.15, -0.1) is 11.8 Å². The quantitative estimate of drug-likeness (QED) is 0.411. The van der Waals surface area contributed by atoms with Gasteiger partial charge in [-0.2, -0.15) is 0 Å². The summed E-state index contributed by atoms with van der Waals surface area (Å²) in [5, 5.41) is 2.67. The van der Waals surface area contributed by atoms with Crippen molar-refractivity contribution in [3.8, 4) is 0 Å². The summed E-state index contributed by atoms with van der Waals surface area (Å²) in [6.07, 6.45) is -1.20. The molecule has 2 atom stereocenters. The topological polar surface area (TPSA) is 75.7 Å². The number of hydrogen-bond acceptors (Lipinski definition) is 5. The summed E-state index contributed by atoms with van der Waals surface area (Å²) < 4.78 is 33.0. The van der Waals surface area contributed by atoms with Crippen molar-refractivity contribution in [2.45, 2.75) is 62.6 Å². The van der Waals surface area contributed by atoms with E-state index >= 15 is 0 Å². The number of carbonyl (C=O) groups is 3. The van der Waals surface area contributed by atoms with Crippen LogP contribution in [0.3, 0.4) is 0 Å². The number of nitrogens with zero attached hydrogens (tertiary/aromatic N) is 1. The Bertz CT molecular complexity index is 1180. The van der Waals surface area contributed by atoms with Crippen LogP contribution in [0.15, 0.2) is 51.8 Å². The van der Waals surface area contributed by atoms with Gasteiger partial charge in [0.05, 0.1) is 12.2 Å². The zero-order valence-corrected chi connectivity index (χ0v) is 22.5. The number of thioether (sulfide) groups is 1. The first kappa shape index (κ1) is 26.6. The summed E-state index contributed by atoms with van der Waals surface area (Å²) >= 11 is 4.78. The number of halogens is 3. The molecule has 4 rings (SSSR count). The Morgan fingerprint density at radius 1 is 1.19 bits per heavy atom. The standard InChI is InChI=1S/C26H27BrF2N2O4S/c1-25(2,3)35-24(34)30-19-14-36-22-9-6-16(21(32)11-17-12-26(17,28)29)10-20(22)31(23(19)33)13-15-4-7-18(27)8-5-15/h4-10,17,19H,11-14H2,1-3H3,(H,30,34)/t17?,19-/m0/s1. The molecule has 0 spiro atoms. The molecule has 6 nitrogen and oxygen atoms in total. The van der Waals surface area contributed by atoms with Crippen LogP contribution in [0.4, 0.5) is 19.3 Å². The molecule has 0 bridgehead atoms. The van der Waals surface area contributed by atoms with Gasteiger partial charge in [-0.25, -0.2) is 13.6 Å². The van der Waals surface area contributed by atoms with Crippen molar-refractivity contribution in [3.05, 3.63) is 58.1 Å². The lowest BCUT2D eigenvalue weighted by molar-refractivity contribution is -0.120. The number of Topliss-reactive ketones (excluding diaryl/α,β-unsaturated/α-hetero) is 1. The number of alkyl carbamates (subject to hydrolysis) is 1. The third kappa shape index (κ3) is 6.45. The summed E-state index contributed by atoms with van der Waals surface area (Å²) in [6, 6.07) is 11.5. The van der Waals surface area contributed by atoms with Crippen LogP contribution in [0.25, 0.3) is 0 Å². The lowest BCUT2D eigenvalue weighted by atomic mass is 10.0. The Kier molecular flexibility index (Phi) is 7.48. The SMILES string of the molecule is CC(C)(C)OC(=O)N[C@H]1CSc2ccc(C(=O)CC3CC3(F)F)cc2N(Cc2ccc(Br)cc2)C1=O. The first-order valence-corrected chi connectivity index (χ1v) is 13.3. The molecule has 1 fully saturated rings. The molecule has 0 radical (unpaired) electrons. The molecular formula is C26H27BrF2N2O4S. The summed E-state index contributed by atoms with van der Waals surface area (Å²) in [7, 11) is 0. The van der Waals surface area contributed by atoms with Gasteiger partial charge in [0.2, 0.25) is 0 Å². The van der Waals surface area contributed by atoms with Crippen LogP contribution in [0.5, 0.6) is 0 Å². The molecule has 1 aliphatic heterocycles. The van der Waals surface area contributed by atoms with Crippen molar-refractivity contribution in [1.82, 2.24) is 5.32 Å². The molecule has 1 aliphatic carbocycles. The molecule has 0 aromatic heterocycles. The average molecular weight is 581 g/mol. The Morgan fingerprint density at radius 2 is 1.86 bits per heavy atom. The minimum atomic E-state index is -2.78. The average Bonchev–Trinajstić information content (AvgIpc) is 3.42. The van der Waals surface area contributed by atoms with E-state index in [4.69, 9.17) is 4.74 Å². The van der Waals surface area contributed by atoms with Gasteiger partial charge in [0.1, 0.15) is 11.6 Å². The van der Waals surface area contributed by atoms with E-state index < -0.39 is 29.6 Å². The monoisotopic (exact) mass is 580 g/mol. The lowest BCUT2D eigenvalue weighted by Gasteiger charge is -2.27. The second-order valence-electron chi connectivity index (χ2n) is 10.0. The van der Waals surface area contributed by atoms with E-state index in [0.29, 0.717) is 5.69 Å². The fourth-order valence-corrected chi connectivity index (χ4v) is 5.21. The number of nitrogens with one attached hydrogen (secondary N) is 1. The van der Waals surface area contributed by atoms with Crippen LogP contribution in [0.2, 0.25) is 0 Å². The zero-order chi connectivity index (χ0) is 26.3. The maximum absolute atomic E-state index is 13.7. The first-order valence-electron chi connectivity index (χ1n) is 11.6. The highest BCUT2D eigenvalue weighted by molar-refractivity contribution is 9.10. The molecule has 10 heteroatoms. The van der Waals surface area contributed by atoms with Gasteiger partial charge in [0.25, 0.3) is 11.8 Å². The van der Waals surface area contributed by atoms with E-state index in [1.54, 1.807) is 39.0 Å². The number of fused-ring (bicyclic) bond motifs is 1. The van der Waals surface area contributed by atoms with Crippen molar-refractivity contribution < 1.29 is 27.9 Å². The van der Waals surface area contributed by atoms with Gasteiger partial charge in [-0.05, 0) is 50.6 Å². The van der Waals surface area contributed by atoms with Gasteiger partial charge in [0.15, 0.2) is 5.78 Å². The summed E-state index contributed by atoms with van der Waals surface area (Å²) in [5.74, 6) is -4.17. The number of alkyl halides is 2. The smallest absolute Gasteiger partial charge is 0.408 e. The molecule has 1 unspecified atom stereocenters. The van der Waals surface area contributed by atoms with Crippen LogP contribution in [-0.2, 0) is 16.1 Å². The van der Waals surface area contributed by atoms with Gasteiger partial charge in [-0.3, -0.25) is 9.59 Å². The molecule has 192 valence electrons. The maximum atomic E-state index is 13.7. The number of hydrogen-bond donors (Lipinski definition) is 1. The first-order chi connectivity index (χ1) is 16.8. The highest BCUT2D eigenvalue weighted by Gasteiger charge is 2.57. The van der Waals surface area contributed by atoms with Crippen LogP contribution >= 0.6 is 27.7 Å². The third-order valence-corrected chi connectivity index (χ3v) is 7.56. The molecule has 1 N–H and O–H groups in total. The second-order valence-corrected chi connectivity index (χ2v) is 12.0. The van der Waals surface area contributed by atoms with E-state index in [-0.39, 0.29) is 42.4 Å². The number of anilines is 1. The van der Waals surface area contributed by atoms with Crippen LogP contribution in [0, 0.1) is 5.92 Å². The molecule has 2 aromatic rings. The fourth-order valence-electron chi connectivity index (χ4n) is 3.90. The number of ether oxygens (including phenoxy) is 1. The Morgan fingerprint density at radius 3 is 2.47 bits per heavy atom. The van der Waals surface area contributed by atoms with Crippen LogP contribution in [0.1, 0.15) is 49.5 Å². The largest absolute Gasteiger partial charge is 0.444 e. The number of ketones is 1. The molecule has 2 aromatic carbocycles. The highest BCUT2D eigenvalue weighted by Crippen LogP contribution is 2.51. The van der Waals surface area contributed by atoms with E-state index in [2.05, 4.69) is 21.2 Å². The van der Waals surface area contributed by atoms with Crippen molar-refractivity contribution in [2.75, 3.05) is 10.7 Å². The van der Waals surface area contributed by atoms with E-state index in [1.165, 1.54) is 16.7 Å². The molecule has 0 saturated heterocycles. The maximum Gasteiger partial charge on any atom is 0.408 e. The normalized spacial score (nSPS) is 20.8. The lowest BCUT2D eigenvalue weighted by Crippen LogP contribution is -2.50. The van der Waals surface area contributed by atoms with E-state index in [0.717, 1.165) is 14.9 Å². The molecule has 1 heterocycles. The number of carbonyl (C=O) groups excluding carboxylic acids is 3. The summed E-state index contributed by atoms with van der Waals surface area (Å²) in [5.41, 5.74) is 0.910. The predicted octanol–water partition coefficient (Wildman–Crippen LogP) is 6.21. The number of amides is 2. The predicted molar refractivity (Wildman–Crippen MR) is 138 cm³/mol. The van der Waals surface area contributed by atoms with Gasteiger partial charge in [0, 0.05) is 39.4 Å². The van der Waals surface area contributed by atoms with Gasteiger partial charge < -0.3 is 15.0 Å². The van der Waals surface area contributed by atoms with Gasteiger partial charge in [-0.1, -0.05) is 34.1 Å². The van der Waals surface area contributed by atoms with E-state index in [1.807, 2.05) is 24.3 Å². The third-order valence-electron chi connectivity index (χ3n) is 5.87. The van der Waals surface area contributed by atoms with Crippen molar-refractivity contribution in [2.24, 2.45) is 5.92 Å².